The molecule has 1 rings (SSSR count). The molecule has 7 nitrogen and oxygen atoms in total. The van der Waals surface area contributed by atoms with E-state index in [4.69, 9.17) is 10.8 Å². The Bertz CT molecular complexity index is 325. The van der Waals surface area contributed by atoms with Crippen LogP contribution in [0.4, 0.5) is 0 Å². The van der Waals surface area contributed by atoms with E-state index < -0.39 is 6.04 Å². The molecule has 15 heavy (non-hydrogen) atoms. The van der Waals surface area contributed by atoms with Crippen LogP contribution in [0.15, 0.2) is 6.20 Å². The third kappa shape index (κ3) is 3.00. The van der Waals surface area contributed by atoms with Crippen LogP contribution in [0.1, 0.15) is 18.7 Å². The van der Waals surface area contributed by atoms with Gasteiger partial charge in [-0.1, -0.05) is 5.21 Å². The Kier molecular flexibility index (Phi) is 4.19. The lowest BCUT2D eigenvalue weighted by Gasteiger charge is -2.10. The molecule has 0 aromatic carbocycles. The van der Waals surface area contributed by atoms with Crippen molar-refractivity contribution >= 4 is 5.91 Å². The second kappa shape index (κ2) is 5.42. The Morgan fingerprint density at radius 3 is 3.07 bits per heavy atom. The molecule has 0 fully saturated rings. The molecule has 0 aliphatic rings. The molecule has 0 bridgehead atoms. The molecule has 4 N–H and O–H groups in total. The van der Waals surface area contributed by atoms with Crippen molar-refractivity contribution in [3.05, 3.63) is 11.9 Å². The molecular formula is C8H15N5O2. The Balaban J connectivity index is 2.59. The van der Waals surface area contributed by atoms with Crippen molar-refractivity contribution in [3.63, 3.8) is 0 Å². The predicted octanol–water partition coefficient (Wildman–Crippen LogP) is -1.59. The highest BCUT2D eigenvalue weighted by Gasteiger charge is 2.15. The zero-order valence-electron chi connectivity index (χ0n) is 8.55. The average Bonchev–Trinajstić information content (AvgIpc) is 2.73. The molecule has 1 atom stereocenters. The van der Waals surface area contributed by atoms with E-state index in [-0.39, 0.29) is 19.1 Å². The third-order valence-electron chi connectivity index (χ3n) is 1.95. The average molecular weight is 213 g/mol. The van der Waals surface area contributed by atoms with Crippen molar-refractivity contribution in [2.75, 3.05) is 13.2 Å². The highest BCUT2D eigenvalue weighted by Crippen LogP contribution is 2.03. The van der Waals surface area contributed by atoms with E-state index in [0.29, 0.717) is 12.2 Å². The first-order chi connectivity index (χ1) is 7.19. The molecule has 1 aromatic heterocycles. The smallest absolute Gasteiger partial charge is 0.244 e. The van der Waals surface area contributed by atoms with E-state index in [2.05, 4.69) is 15.6 Å². The number of hydrogen-bond donors (Lipinski definition) is 3. The Labute approximate surface area is 87.3 Å². The van der Waals surface area contributed by atoms with Gasteiger partial charge in [-0.25, -0.2) is 4.68 Å². The van der Waals surface area contributed by atoms with Gasteiger partial charge in [0.1, 0.15) is 6.04 Å². The number of nitrogens with one attached hydrogen (secondary N) is 1. The van der Waals surface area contributed by atoms with Crippen LogP contribution < -0.4 is 11.1 Å². The minimum Gasteiger partial charge on any atom is -0.395 e. The van der Waals surface area contributed by atoms with Gasteiger partial charge in [0.25, 0.3) is 0 Å². The fourth-order valence-corrected chi connectivity index (χ4v) is 1.04. The number of nitrogens with zero attached hydrogens (tertiary/aromatic N) is 3. The van der Waals surface area contributed by atoms with Crippen LogP contribution in [0.2, 0.25) is 0 Å². The number of aliphatic hydroxyl groups is 1. The number of rotatable bonds is 5. The molecule has 0 saturated heterocycles. The summed E-state index contributed by atoms with van der Waals surface area (Å²) in [7, 11) is 0. The molecule has 0 aliphatic heterocycles. The molecule has 1 heterocycles. The zero-order valence-corrected chi connectivity index (χ0v) is 8.55. The first kappa shape index (κ1) is 11.6. The summed E-state index contributed by atoms with van der Waals surface area (Å²) >= 11 is 0. The van der Waals surface area contributed by atoms with E-state index in [1.165, 1.54) is 4.68 Å². The Morgan fingerprint density at radius 2 is 2.53 bits per heavy atom. The number of carbonyl (C=O) groups is 1. The van der Waals surface area contributed by atoms with Gasteiger partial charge in [-0.2, -0.15) is 0 Å². The molecule has 1 amide bonds. The van der Waals surface area contributed by atoms with E-state index in [9.17, 15) is 4.79 Å². The maximum atomic E-state index is 11.5. The van der Waals surface area contributed by atoms with Crippen LogP contribution in [0.3, 0.4) is 0 Å². The predicted molar refractivity (Wildman–Crippen MR) is 52.7 cm³/mol. The van der Waals surface area contributed by atoms with Gasteiger partial charge < -0.3 is 16.2 Å². The van der Waals surface area contributed by atoms with Crippen molar-refractivity contribution in [1.82, 2.24) is 20.3 Å². The van der Waals surface area contributed by atoms with Gasteiger partial charge in [0.05, 0.1) is 18.5 Å². The standard InChI is InChI=1S/C8H15N5O2/c1-6(8(15)10-2-3-14)13-5-7(4-9)11-12-13/h5-6,14H,2-4,9H2,1H3,(H,10,15). The van der Waals surface area contributed by atoms with Crippen LogP contribution >= 0.6 is 0 Å². The largest absolute Gasteiger partial charge is 0.395 e. The maximum Gasteiger partial charge on any atom is 0.244 e. The molecule has 1 unspecified atom stereocenters. The summed E-state index contributed by atoms with van der Waals surface area (Å²) in [6.45, 7) is 2.15. The second-order valence-corrected chi connectivity index (χ2v) is 3.08. The van der Waals surface area contributed by atoms with Crippen molar-refractivity contribution in [1.29, 1.82) is 0 Å². The molecule has 0 saturated carbocycles. The van der Waals surface area contributed by atoms with Crippen LogP contribution in [-0.2, 0) is 11.3 Å². The summed E-state index contributed by atoms with van der Waals surface area (Å²) < 4.78 is 1.44. The van der Waals surface area contributed by atoms with E-state index in [1.807, 2.05) is 0 Å². The van der Waals surface area contributed by atoms with Gasteiger partial charge in [0, 0.05) is 13.1 Å². The van der Waals surface area contributed by atoms with Gasteiger partial charge in [0.2, 0.25) is 5.91 Å². The second-order valence-electron chi connectivity index (χ2n) is 3.08. The summed E-state index contributed by atoms with van der Waals surface area (Å²) in [6.07, 6.45) is 1.63. The molecule has 0 spiro atoms. The fourth-order valence-electron chi connectivity index (χ4n) is 1.04. The van der Waals surface area contributed by atoms with Gasteiger partial charge in [-0.15, -0.1) is 5.10 Å². The van der Waals surface area contributed by atoms with Gasteiger partial charge in [-0.3, -0.25) is 4.79 Å². The van der Waals surface area contributed by atoms with Crippen LogP contribution in [0.5, 0.6) is 0 Å². The van der Waals surface area contributed by atoms with Crippen molar-refractivity contribution in [2.45, 2.75) is 19.5 Å². The lowest BCUT2D eigenvalue weighted by atomic mass is 10.3. The summed E-state index contributed by atoms with van der Waals surface area (Å²) in [4.78, 5) is 11.5. The first-order valence-corrected chi connectivity index (χ1v) is 4.68. The van der Waals surface area contributed by atoms with Crippen LogP contribution in [0.25, 0.3) is 0 Å². The molecule has 7 heteroatoms. The summed E-state index contributed by atoms with van der Waals surface area (Å²) in [5, 5.41) is 18.6. The number of aromatic nitrogens is 3. The SMILES string of the molecule is CC(C(=O)NCCO)n1cc(CN)nn1. The molecule has 0 aliphatic carbocycles. The van der Waals surface area contributed by atoms with E-state index in [0.717, 1.165) is 0 Å². The van der Waals surface area contributed by atoms with Gasteiger partial charge in [0.15, 0.2) is 0 Å². The number of aliphatic hydroxyl groups excluding tert-OH is 1. The lowest BCUT2D eigenvalue weighted by molar-refractivity contribution is -0.124. The summed E-state index contributed by atoms with van der Waals surface area (Å²) in [5.74, 6) is -0.211. The topological polar surface area (TPSA) is 106 Å². The van der Waals surface area contributed by atoms with Crippen LogP contribution in [0, 0.1) is 0 Å². The fraction of sp³-hybridized carbons (Fsp3) is 0.625. The van der Waals surface area contributed by atoms with Crippen molar-refractivity contribution in [3.8, 4) is 0 Å². The van der Waals surface area contributed by atoms with Gasteiger partial charge in [-0.05, 0) is 6.92 Å². The van der Waals surface area contributed by atoms with Gasteiger partial charge >= 0.3 is 0 Å². The quantitative estimate of drug-likeness (QED) is 0.546. The highest BCUT2D eigenvalue weighted by molar-refractivity contribution is 5.79. The molecular weight excluding hydrogens is 198 g/mol. The Morgan fingerprint density at radius 1 is 1.80 bits per heavy atom. The maximum absolute atomic E-state index is 11.5. The Hall–Kier alpha value is -1.47. The highest BCUT2D eigenvalue weighted by atomic mass is 16.3. The number of amides is 1. The molecule has 0 radical (unpaired) electrons. The molecule has 84 valence electrons. The minimum atomic E-state index is -0.454. The third-order valence-corrected chi connectivity index (χ3v) is 1.95. The summed E-state index contributed by atoms with van der Waals surface area (Å²) in [6, 6.07) is -0.454. The number of nitrogens with two attached hydrogens (primary N) is 1. The molecule has 1 aromatic rings. The zero-order chi connectivity index (χ0) is 11.3. The van der Waals surface area contributed by atoms with Crippen molar-refractivity contribution < 1.29 is 9.90 Å². The van der Waals surface area contributed by atoms with E-state index in [1.54, 1.807) is 13.1 Å². The van der Waals surface area contributed by atoms with E-state index >= 15 is 0 Å². The number of carbonyl (C=O) groups excluding carboxylic acids is 1. The minimum absolute atomic E-state index is 0.0795. The lowest BCUT2D eigenvalue weighted by Crippen LogP contribution is -2.33. The van der Waals surface area contributed by atoms with Crippen molar-refractivity contribution in [2.24, 2.45) is 5.73 Å². The monoisotopic (exact) mass is 213 g/mol. The summed E-state index contributed by atoms with van der Waals surface area (Å²) in [5.41, 5.74) is 6.01. The van der Waals surface area contributed by atoms with Crippen LogP contribution in [-0.4, -0.2) is 39.2 Å². The first-order valence-electron chi connectivity index (χ1n) is 4.68. The number of hydrogen-bond acceptors (Lipinski definition) is 5. The normalized spacial score (nSPS) is 12.5.